The van der Waals surface area contributed by atoms with Crippen molar-refractivity contribution in [1.82, 2.24) is 0 Å². The summed E-state index contributed by atoms with van der Waals surface area (Å²) in [5, 5.41) is 11.2. The molecule has 1 N–H and O–H groups in total. The SMILES string of the molecule is C[C@@]12C[C@H](c3ccoc3)OC(=O)[C@@H]1CC[C@]1(C)[C@H]2[C@@H]2C=C[C@]1(O)C(=O)O2. The molecule has 0 aromatic carbocycles. The zero-order chi connectivity index (χ0) is 18.3. The quantitative estimate of drug-likeness (QED) is 0.613. The van der Waals surface area contributed by atoms with Crippen molar-refractivity contribution in [2.24, 2.45) is 22.7 Å². The lowest BCUT2D eigenvalue weighted by atomic mass is 9.42. The minimum Gasteiger partial charge on any atom is -0.472 e. The lowest BCUT2D eigenvalue weighted by Gasteiger charge is -2.65. The zero-order valence-electron chi connectivity index (χ0n) is 14.8. The van der Waals surface area contributed by atoms with Gasteiger partial charge in [-0.15, -0.1) is 0 Å². The van der Waals surface area contributed by atoms with Gasteiger partial charge in [0.25, 0.3) is 0 Å². The number of ether oxygens (including phenoxy) is 2. The van der Waals surface area contributed by atoms with Gasteiger partial charge in [-0.1, -0.05) is 13.8 Å². The van der Waals surface area contributed by atoms with Crippen molar-refractivity contribution in [3.63, 3.8) is 0 Å². The van der Waals surface area contributed by atoms with Crippen LogP contribution in [0.15, 0.2) is 35.2 Å². The van der Waals surface area contributed by atoms with Crippen LogP contribution in [0.2, 0.25) is 0 Å². The number of furan rings is 1. The fourth-order valence-corrected chi connectivity index (χ4v) is 6.16. The topological polar surface area (TPSA) is 86.0 Å². The van der Waals surface area contributed by atoms with E-state index in [1.807, 2.05) is 13.0 Å². The minimum absolute atomic E-state index is 0.149. The van der Waals surface area contributed by atoms with Crippen molar-refractivity contribution >= 4 is 11.9 Å². The Hall–Kier alpha value is -2.08. The Bertz CT molecular complexity index is 812. The maximum atomic E-state index is 12.8. The van der Waals surface area contributed by atoms with Crippen LogP contribution in [0.1, 0.15) is 44.8 Å². The standard InChI is InChI=1S/C20H22O6/c1-18-9-14(11-5-8-24-10-11)25-16(21)12(18)3-6-19(2)15(18)13-4-7-20(19,23)17(22)26-13/h4-5,7-8,10,12-15,23H,3,6,9H2,1-2H3/t12-,13-,14+,15-,18+,19+,20-/m0/s1. The van der Waals surface area contributed by atoms with E-state index in [-0.39, 0.29) is 23.9 Å². The van der Waals surface area contributed by atoms with E-state index in [1.54, 1.807) is 24.7 Å². The molecule has 26 heavy (non-hydrogen) atoms. The molecular weight excluding hydrogens is 336 g/mol. The Morgan fingerprint density at radius 1 is 1.23 bits per heavy atom. The summed E-state index contributed by atoms with van der Waals surface area (Å²) in [6, 6.07) is 1.81. The predicted molar refractivity (Wildman–Crippen MR) is 88.6 cm³/mol. The number of hydrogen-bond donors (Lipinski definition) is 1. The number of esters is 2. The molecule has 138 valence electrons. The first kappa shape index (κ1) is 16.1. The average molecular weight is 358 g/mol. The second kappa shape index (κ2) is 4.80. The maximum Gasteiger partial charge on any atom is 0.343 e. The number of cyclic esters (lactones) is 1. The monoisotopic (exact) mass is 358 g/mol. The summed E-state index contributed by atoms with van der Waals surface area (Å²) in [6.45, 7) is 4.04. The Morgan fingerprint density at radius 3 is 2.73 bits per heavy atom. The van der Waals surface area contributed by atoms with E-state index in [4.69, 9.17) is 13.9 Å². The summed E-state index contributed by atoms with van der Waals surface area (Å²) in [5.74, 6) is -1.20. The normalized spacial score (nSPS) is 49.2. The highest BCUT2D eigenvalue weighted by Crippen LogP contribution is 2.67. The molecule has 1 saturated carbocycles. The van der Waals surface area contributed by atoms with Crippen LogP contribution in [0.25, 0.3) is 0 Å². The van der Waals surface area contributed by atoms with Gasteiger partial charge in [-0.05, 0) is 42.9 Å². The Balaban J connectivity index is 1.61. The first-order chi connectivity index (χ1) is 12.3. The van der Waals surface area contributed by atoms with Gasteiger partial charge >= 0.3 is 11.9 Å². The van der Waals surface area contributed by atoms with Gasteiger partial charge in [-0.3, -0.25) is 4.79 Å². The molecule has 1 aromatic rings. The maximum absolute atomic E-state index is 12.8. The van der Waals surface area contributed by atoms with Gasteiger partial charge in [0.05, 0.1) is 18.4 Å². The fourth-order valence-electron chi connectivity index (χ4n) is 6.16. The number of carbonyl (C=O) groups excluding carboxylic acids is 2. The van der Waals surface area contributed by atoms with Crippen molar-refractivity contribution in [3.8, 4) is 0 Å². The lowest BCUT2D eigenvalue weighted by Crippen LogP contribution is -2.72. The van der Waals surface area contributed by atoms with Crippen molar-refractivity contribution in [2.75, 3.05) is 0 Å². The van der Waals surface area contributed by atoms with Crippen LogP contribution < -0.4 is 0 Å². The van der Waals surface area contributed by atoms with Crippen LogP contribution in [-0.2, 0) is 19.1 Å². The summed E-state index contributed by atoms with van der Waals surface area (Å²) in [5.41, 5.74) is -1.91. The molecule has 0 unspecified atom stereocenters. The second-order valence-corrected chi connectivity index (χ2v) is 8.67. The highest BCUT2D eigenvalue weighted by molar-refractivity contribution is 5.86. The number of hydrogen-bond acceptors (Lipinski definition) is 6. The summed E-state index contributed by atoms with van der Waals surface area (Å²) >= 11 is 0. The molecule has 6 nitrogen and oxygen atoms in total. The zero-order valence-corrected chi connectivity index (χ0v) is 14.8. The van der Waals surface area contributed by atoms with Gasteiger partial charge in [0.15, 0.2) is 5.60 Å². The van der Waals surface area contributed by atoms with Crippen LogP contribution >= 0.6 is 0 Å². The molecule has 3 fully saturated rings. The Kier molecular flexibility index (Phi) is 2.97. The van der Waals surface area contributed by atoms with E-state index in [9.17, 15) is 14.7 Å². The molecule has 7 atom stereocenters. The van der Waals surface area contributed by atoms with Crippen molar-refractivity contribution in [2.45, 2.75) is 50.9 Å². The van der Waals surface area contributed by atoms with E-state index in [0.717, 1.165) is 5.56 Å². The van der Waals surface area contributed by atoms with E-state index in [0.29, 0.717) is 19.3 Å². The van der Waals surface area contributed by atoms with Crippen LogP contribution in [0.3, 0.4) is 0 Å². The summed E-state index contributed by atoms with van der Waals surface area (Å²) in [6.07, 6.45) is 7.52. The molecule has 0 amide bonds. The van der Waals surface area contributed by atoms with E-state index in [2.05, 4.69) is 6.92 Å². The van der Waals surface area contributed by atoms with E-state index in [1.165, 1.54) is 0 Å². The van der Waals surface area contributed by atoms with Crippen LogP contribution in [0.4, 0.5) is 0 Å². The van der Waals surface area contributed by atoms with Gasteiger partial charge in [-0.2, -0.15) is 0 Å². The molecule has 3 aliphatic heterocycles. The summed E-state index contributed by atoms with van der Waals surface area (Å²) in [4.78, 5) is 25.2. The lowest BCUT2D eigenvalue weighted by molar-refractivity contribution is -0.259. The van der Waals surface area contributed by atoms with Crippen molar-refractivity contribution < 1.29 is 28.6 Å². The molecule has 1 aromatic heterocycles. The summed E-state index contributed by atoms with van der Waals surface area (Å²) in [7, 11) is 0. The van der Waals surface area contributed by atoms with Gasteiger partial charge in [0.1, 0.15) is 12.2 Å². The molecular formula is C20H22O6. The highest BCUT2D eigenvalue weighted by atomic mass is 16.6. The van der Waals surface area contributed by atoms with Gasteiger partial charge in [0, 0.05) is 16.9 Å². The molecule has 0 spiro atoms. The van der Waals surface area contributed by atoms with Gasteiger partial charge in [-0.25, -0.2) is 4.79 Å². The van der Waals surface area contributed by atoms with Gasteiger partial charge < -0.3 is 19.0 Å². The molecule has 4 heterocycles. The van der Waals surface area contributed by atoms with Crippen LogP contribution in [0.5, 0.6) is 0 Å². The molecule has 2 aliphatic carbocycles. The molecule has 6 heteroatoms. The third-order valence-corrected chi connectivity index (χ3v) is 7.51. The number of fused-ring (bicyclic) bond motifs is 2. The van der Waals surface area contributed by atoms with Crippen LogP contribution in [-0.4, -0.2) is 28.8 Å². The third kappa shape index (κ3) is 1.71. The van der Waals surface area contributed by atoms with Gasteiger partial charge in [0.2, 0.25) is 0 Å². The highest BCUT2D eigenvalue weighted by Gasteiger charge is 2.72. The molecule has 2 saturated heterocycles. The van der Waals surface area contributed by atoms with Crippen LogP contribution in [0, 0.1) is 22.7 Å². The largest absolute Gasteiger partial charge is 0.472 e. The van der Waals surface area contributed by atoms with Crippen molar-refractivity contribution in [3.05, 3.63) is 36.3 Å². The molecule has 6 rings (SSSR count). The number of rotatable bonds is 1. The number of carbonyl (C=O) groups is 2. The fraction of sp³-hybridized carbons (Fsp3) is 0.600. The minimum atomic E-state index is -1.63. The second-order valence-electron chi connectivity index (χ2n) is 8.67. The Morgan fingerprint density at radius 2 is 2.04 bits per heavy atom. The predicted octanol–water partition coefficient (Wildman–Crippen LogP) is 2.53. The third-order valence-electron chi connectivity index (χ3n) is 7.51. The smallest absolute Gasteiger partial charge is 0.343 e. The molecule has 0 radical (unpaired) electrons. The van der Waals surface area contributed by atoms with E-state index >= 15 is 0 Å². The average Bonchev–Trinajstić information content (AvgIpc) is 3.10. The first-order valence-corrected chi connectivity index (χ1v) is 9.15. The first-order valence-electron chi connectivity index (χ1n) is 9.15. The van der Waals surface area contributed by atoms with Crippen molar-refractivity contribution in [1.29, 1.82) is 0 Å². The Labute approximate surface area is 151 Å². The summed E-state index contributed by atoms with van der Waals surface area (Å²) < 4.78 is 16.4. The molecule has 2 bridgehead atoms. The van der Waals surface area contributed by atoms with E-state index < -0.39 is 28.5 Å². The molecule has 5 aliphatic rings. The number of aliphatic hydroxyl groups is 1.